The van der Waals surface area contributed by atoms with Gasteiger partial charge in [0.15, 0.2) is 0 Å². The summed E-state index contributed by atoms with van der Waals surface area (Å²) in [6.07, 6.45) is 0.360. The first-order valence-corrected chi connectivity index (χ1v) is 12.8. The monoisotopic (exact) mass is 504 g/mol. The molecular weight excluding hydrogens is 468 g/mol. The first kappa shape index (κ1) is 28.1. The molecule has 35 heavy (non-hydrogen) atoms. The van der Waals surface area contributed by atoms with Crippen LogP contribution in [-0.2, 0) is 26.3 Å². The van der Waals surface area contributed by atoms with E-state index in [0.717, 1.165) is 19.7 Å². The Kier molecular flexibility index (Phi) is 9.67. The van der Waals surface area contributed by atoms with Crippen molar-refractivity contribution >= 4 is 27.7 Å². The van der Waals surface area contributed by atoms with E-state index in [9.17, 15) is 18.0 Å². The van der Waals surface area contributed by atoms with Gasteiger partial charge in [-0.3, -0.25) is 9.59 Å². The van der Waals surface area contributed by atoms with Crippen molar-refractivity contribution in [1.82, 2.24) is 14.5 Å². The van der Waals surface area contributed by atoms with E-state index < -0.39 is 28.7 Å². The Morgan fingerprint density at radius 2 is 1.77 bits per heavy atom. The summed E-state index contributed by atoms with van der Waals surface area (Å²) in [7, 11) is 1.90. The Morgan fingerprint density at radius 3 is 2.34 bits per heavy atom. The van der Waals surface area contributed by atoms with Gasteiger partial charge in [0, 0.05) is 27.7 Å². The van der Waals surface area contributed by atoms with E-state index in [1.54, 1.807) is 38.3 Å². The van der Waals surface area contributed by atoms with Gasteiger partial charge in [-0.1, -0.05) is 31.2 Å². The highest BCUT2D eigenvalue weighted by Gasteiger charge is 2.34. The average Bonchev–Trinajstić information content (AvgIpc) is 2.83. The molecule has 0 aliphatic heterocycles. The van der Waals surface area contributed by atoms with Crippen LogP contribution in [-0.4, -0.2) is 70.3 Å². The Labute approximate surface area is 208 Å². The molecule has 0 saturated carbocycles. The van der Waals surface area contributed by atoms with Crippen molar-refractivity contribution < 1.29 is 22.7 Å². The molecule has 0 heterocycles. The smallest absolute Gasteiger partial charge is 0.304 e. The molecule has 1 atom stereocenters. The van der Waals surface area contributed by atoms with E-state index in [1.807, 2.05) is 32.0 Å². The van der Waals surface area contributed by atoms with E-state index in [-0.39, 0.29) is 12.5 Å². The van der Waals surface area contributed by atoms with E-state index in [4.69, 9.17) is 4.74 Å². The van der Waals surface area contributed by atoms with Gasteiger partial charge in [-0.15, -0.1) is 0 Å². The highest BCUT2D eigenvalue weighted by molar-refractivity contribution is 7.90. The molecule has 10 heteroatoms. The number of nitrogens with one attached hydrogen (secondary N) is 1. The van der Waals surface area contributed by atoms with Crippen LogP contribution in [0.2, 0.25) is 0 Å². The summed E-state index contributed by atoms with van der Waals surface area (Å²) >= 11 is 0. The van der Waals surface area contributed by atoms with Crippen LogP contribution in [0.1, 0.15) is 30.0 Å². The lowest BCUT2D eigenvalue weighted by Crippen LogP contribution is -2.53. The predicted molar refractivity (Wildman–Crippen MR) is 138 cm³/mol. The quantitative estimate of drug-likeness (QED) is 0.507. The number of aryl methyl sites for hydroxylation is 2. The van der Waals surface area contributed by atoms with Crippen LogP contribution in [0, 0.1) is 13.8 Å². The second kappa shape index (κ2) is 12.0. The molecule has 2 aromatic carbocycles. The molecule has 0 fully saturated rings. The molecule has 192 valence electrons. The predicted octanol–water partition coefficient (Wildman–Crippen LogP) is 2.48. The first-order valence-electron chi connectivity index (χ1n) is 11.4. The second-order valence-corrected chi connectivity index (χ2v) is 10.6. The summed E-state index contributed by atoms with van der Waals surface area (Å²) in [6, 6.07) is 11.9. The molecule has 0 aliphatic rings. The van der Waals surface area contributed by atoms with Crippen molar-refractivity contribution in [2.24, 2.45) is 0 Å². The van der Waals surface area contributed by atoms with E-state index >= 15 is 0 Å². The van der Waals surface area contributed by atoms with E-state index in [0.29, 0.717) is 23.4 Å². The van der Waals surface area contributed by atoms with Crippen molar-refractivity contribution in [3.05, 3.63) is 59.2 Å². The average molecular weight is 505 g/mol. The zero-order valence-corrected chi connectivity index (χ0v) is 22.3. The Morgan fingerprint density at radius 1 is 1.09 bits per heavy atom. The van der Waals surface area contributed by atoms with Gasteiger partial charge in [0.1, 0.15) is 18.3 Å². The molecule has 0 radical (unpaired) electrons. The number of rotatable bonds is 11. The number of ether oxygens (including phenoxy) is 1. The van der Waals surface area contributed by atoms with Crippen molar-refractivity contribution in [3.8, 4) is 5.75 Å². The highest BCUT2D eigenvalue weighted by atomic mass is 32.2. The van der Waals surface area contributed by atoms with Gasteiger partial charge in [0.2, 0.25) is 11.8 Å². The zero-order valence-electron chi connectivity index (χ0n) is 21.5. The number of nitrogens with zero attached hydrogens (tertiary/aromatic N) is 3. The molecule has 0 spiro atoms. The van der Waals surface area contributed by atoms with Crippen LogP contribution in [0.15, 0.2) is 42.5 Å². The summed E-state index contributed by atoms with van der Waals surface area (Å²) in [5.41, 5.74) is 2.75. The van der Waals surface area contributed by atoms with Gasteiger partial charge < -0.3 is 15.0 Å². The SMILES string of the molecule is CC[C@H](C(=O)NC)N(Cc1cccc(OC)c1)C(=O)CN(c1cc(C)ccc1C)S(=O)(=O)N(C)C. The summed E-state index contributed by atoms with van der Waals surface area (Å²) in [4.78, 5) is 27.9. The highest BCUT2D eigenvalue weighted by Crippen LogP contribution is 2.26. The number of benzene rings is 2. The van der Waals surface area contributed by atoms with Crippen LogP contribution in [0.4, 0.5) is 5.69 Å². The van der Waals surface area contributed by atoms with Gasteiger partial charge in [-0.2, -0.15) is 12.7 Å². The molecule has 0 unspecified atom stereocenters. The molecule has 0 saturated heterocycles. The Balaban J connectivity index is 2.55. The van der Waals surface area contributed by atoms with Gasteiger partial charge in [-0.05, 0) is 55.2 Å². The number of methoxy groups -OCH3 is 1. The maximum Gasteiger partial charge on any atom is 0.304 e. The van der Waals surface area contributed by atoms with Crippen molar-refractivity contribution in [2.45, 2.75) is 39.8 Å². The maximum atomic E-state index is 13.8. The molecular formula is C25H36N4O5S. The summed E-state index contributed by atoms with van der Waals surface area (Å²) in [5.74, 6) is -0.192. The molecule has 0 bridgehead atoms. The first-order chi connectivity index (χ1) is 16.5. The molecule has 0 aromatic heterocycles. The fourth-order valence-corrected chi connectivity index (χ4v) is 4.86. The number of carbonyl (C=O) groups excluding carboxylic acids is 2. The van der Waals surface area contributed by atoms with E-state index in [2.05, 4.69) is 5.32 Å². The lowest BCUT2D eigenvalue weighted by Gasteiger charge is -2.34. The van der Waals surface area contributed by atoms with Crippen LogP contribution < -0.4 is 14.4 Å². The lowest BCUT2D eigenvalue weighted by molar-refractivity contribution is -0.140. The second-order valence-electron chi connectivity index (χ2n) is 8.50. The normalized spacial score (nSPS) is 12.2. The number of likely N-dealkylation sites (N-methyl/N-ethyl adjacent to an activating group) is 1. The lowest BCUT2D eigenvalue weighted by atomic mass is 10.1. The van der Waals surface area contributed by atoms with Gasteiger partial charge in [-0.25, -0.2) is 4.31 Å². The van der Waals surface area contributed by atoms with Crippen molar-refractivity contribution in [2.75, 3.05) is 39.1 Å². The number of anilines is 1. The molecule has 9 nitrogen and oxygen atoms in total. The van der Waals surface area contributed by atoms with E-state index in [1.165, 1.54) is 26.0 Å². The summed E-state index contributed by atoms with van der Waals surface area (Å²) in [5, 5.41) is 2.61. The standard InChI is InChI=1S/C25H36N4O5S/c1-8-22(25(31)26-4)28(16-20-10-9-11-21(15-20)34-7)24(30)17-29(35(32,33)27(5)6)23-14-18(2)12-13-19(23)3/h9-15,22H,8,16-17H2,1-7H3,(H,26,31)/t22-/m1/s1. The third kappa shape index (κ3) is 6.73. The van der Waals surface area contributed by atoms with Crippen LogP contribution >= 0.6 is 0 Å². The molecule has 1 N–H and O–H groups in total. The van der Waals surface area contributed by atoms with Crippen LogP contribution in [0.25, 0.3) is 0 Å². The third-order valence-corrected chi connectivity index (χ3v) is 7.58. The number of carbonyl (C=O) groups is 2. The molecule has 2 aromatic rings. The largest absolute Gasteiger partial charge is 0.497 e. The third-order valence-electron chi connectivity index (χ3n) is 5.77. The van der Waals surface area contributed by atoms with Crippen LogP contribution in [0.5, 0.6) is 5.75 Å². The van der Waals surface area contributed by atoms with Gasteiger partial charge in [0.25, 0.3) is 0 Å². The zero-order chi connectivity index (χ0) is 26.3. The van der Waals surface area contributed by atoms with Crippen LogP contribution in [0.3, 0.4) is 0 Å². The van der Waals surface area contributed by atoms with Gasteiger partial charge >= 0.3 is 10.2 Å². The summed E-state index contributed by atoms with van der Waals surface area (Å²) < 4.78 is 34.1. The van der Waals surface area contributed by atoms with Crippen molar-refractivity contribution in [3.63, 3.8) is 0 Å². The number of hydrogen-bond acceptors (Lipinski definition) is 5. The number of hydrogen-bond donors (Lipinski definition) is 1. The molecule has 2 amide bonds. The van der Waals surface area contributed by atoms with Crippen molar-refractivity contribution in [1.29, 1.82) is 0 Å². The maximum absolute atomic E-state index is 13.8. The molecule has 2 rings (SSSR count). The fraction of sp³-hybridized carbons (Fsp3) is 0.440. The Bertz CT molecular complexity index is 1150. The minimum absolute atomic E-state index is 0.116. The minimum atomic E-state index is -4.00. The number of amides is 2. The van der Waals surface area contributed by atoms with Gasteiger partial charge in [0.05, 0.1) is 12.8 Å². The topological polar surface area (TPSA) is 99.3 Å². The molecule has 0 aliphatic carbocycles. The fourth-order valence-electron chi connectivity index (χ4n) is 3.74. The Hall–Kier alpha value is -3.11. The summed E-state index contributed by atoms with van der Waals surface area (Å²) in [6.45, 7) is 5.13. The minimum Gasteiger partial charge on any atom is -0.497 e.